The predicted octanol–water partition coefficient (Wildman–Crippen LogP) is 3.52. The summed E-state index contributed by atoms with van der Waals surface area (Å²) in [7, 11) is 0. The van der Waals surface area contributed by atoms with Crippen LogP contribution >= 0.6 is 12.6 Å². The molecule has 2 rings (SSSR count). The molecule has 1 fully saturated rings. The van der Waals surface area contributed by atoms with Crippen LogP contribution < -0.4 is 0 Å². The maximum absolute atomic E-state index is 4.53. The van der Waals surface area contributed by atoms with Gasteiger partial charge in [-0.25, -0.2) is 0 Å². The Labute approximate surface area is 97.9 Å². The second-order valence-electron chi connectivity index (χ2n) is 4.33. The molecule has 15 heavy (non-hydrogen) atoms. The minimum atomic E-state index is 0.513. The molecule has 0 bridgehead atoms. The van der Waals surface area contributed by atoms with Crippen molar-refractivity contribution in [3.63, 3.8) is 0 Å². The van der Waals surface area contributed by atoms with Gasteiger partial charge in [0.2, 0.25) is 0 Å². The Morgan fingerprint density at radius 3 is 2.47 bits per heavy atom. The smallest absolute Gasteiger partial charge is 0.0330 e. The third-order valence-corrected chi connectivity index (χ3v) is 3.73. The van der Waals surface area contributed by atoms with Crippen LogP contribution in [0.2, 0.25) is 0 Å². The molecular weight excluding hydrogens is 202 g/mol. The molecule has 1 nitrogen and oxygen atoms in total. The third kappa shape index (κ3) is 2.56. The van der Waals surface area contributed by atoms with Gasteiger partial charge in [-0.05, 0) is 44.5 Å². The van der Waals surface area contributed by atoms with Crippen LogP contribution in [-0.4, -0.2) is 18.0 Å². The van der Waals surface area contributed by atoms with E-state index in [0.29, 0.717) is 6.04 Å². The normalized spacial score (nSPS) is 20.1. The van der Waals surface area contributed by atoms with Gasteiger partial charge >= 0.3 is 0 Å². The lowest BCUT2D eigenvalue weighted by atomic mass is 10.0. The highest BCUT2D eigenvalue weighted by molar-refractivity contribution is 7.80. The van der Waals surface area contributed by atoms with Gasteiger partial charge in [-0.3, -0.25) is 4.90 Å². The van der Waals surface area contributed by atoms with E-state index >= 15 is 0 Å². The van der Waals surface area contributed by atoms with E-state index in [4.69, 9.17) is 0 Å². The molecule has 1 aliphatic rings. The molecule has 1 heterocycles. The molecule has 0 radical (unpaired) electrons. The summed E-state index contributed by atoms with van der Waals surface area (Å²) in [4.78, 5) is 3.69. The minimum absolute atomic E-state index is 0.513. The van der Waals surface area contributed by atoms with E-state index < -0.39 is 0 Å². The first kappa shape index (κ1) is 11.0. The zero-order valence-corrected chi connectivity index (χ0v) is 10.2. The van der Waals surface area contributed by atoms with Crippen LogP contribution in [0.15, 0.2) is 29.2 Å². The Morgan fingerprint density at radius 1 is 1.13 bits per heavy atom. The monoisotopic (exact) mass is 221 g/mol. The summed E-state index contributed by atoms with van der Waals surface area (Å²) in [5.41, 5.74) is 1.36. The van der Waals surface area contributed by atoms with E-state index in [1.807, 2.05) is 0 Å². The van der Waals surface area contributed by atoms with E-state index in [1.54, 1.807) is 0 Å². The van der Waals surface area contributed by atoms with Crippen LogP contribution in [0.3, 0.4) is 0 Å². The topological polar surface area (TPSA) is 3.24 Å². The predicted molar refractivity (Wildman–Crippen MR) is 67.5 cm³/mol. The summed E-state index contributed by atoms with van der Waals surface area (Å²) < 4.78 is 0. The number of thiol groups is 1. The van der Waals surface area contributed by atoms with Gasteiger partial charge in [0.05, 0.1) is 0 Å². The molecular formula is C13H19NS. The Balaban J connectivity index is 2.12. The van der Waals surface area contributed by atoms with Gasteiger partial charge in [0.15, 0.2) is 0 Å². The quantitative estimate of drug-likeness (QED) is 0.748. The number of piperidine rings is 1. The molecule has 0 saturated carbocycles. The summed E-state index contributed by atoms with van der Waals surface area (Å²) in [6.45, 7) is 4.77. The van der Waals surface area contributed by atoms with Gasteiger partial charge in [0.25, 0.3) is 0 Å². The van der Waals surface area contributed by atoms with Crippen LogP contribution in [0.4, 0.5) is 0 Å². The molecule has 0 spiro atoms. The molecule has 1 aromatic carbocycles. The highest BCUT2D eigenvalue weighted by atomic mass is 32.1. The first-order valence-corrected chi connectivity index (χ1v) is 6.25. The SMILES string of the molecule is C[C@H](c1ccccc1S)N1CCCCC1. The van der Waals surface area contributed by atoms with Crippen molar-refractivity contribution in [2.75, 3.05) is 13.1 Å². The number of benzene rings is 1. The lowest BCUT2D eigenvalue weighted by Gasteiger charge is -2.33. The summed E-state index contributed by atoms with van der Waals surface area (Å²) in [6, 6.07) is 8.95. The standard InChI is InChI=1S/C13H19NS/c1-11(14-9-5-2-6-10-14)12-7-3-4-8-13(12)15/h3-4,7-8,11,15H,2,5-6,9-10H2,1H3/t11-/m1/s1. The number of hydrogen-bond donors (Lipinski definition) is 1. The Kier molecular flexibility index (Phi) is 3.71. The van der Waals surface area contributed by atoms with Gasteiger partial charge < -0.3 is 0 Å². The molecule has 0 aliphatic carbocycles. The van der Waals surface area contributed by atoms with Crippen molar-refractivity contribution in [1.29, 1.82) is 0 Å². The zero-order chi connectivity index (χ0) is 10.7. The number of hydrogen-bond acceptors (Lipinski definition) is 2. The lowest BCUT2D eigenvalue weighted by Crippen LogP contribution is -2.32. The maximum atomic E-state index is 4.53. The van der Waals surface area contributed by atoms with Crippen LogP contribution in [0.1, 0.15) is 37.8 Å². The van der Waals surface area contributed by atoms with Crippen molar-refractivity contribution in [3.8, 4) is 0 Å². The zero-order valence-electron chi connectivity index (χ0n) is 9.32. The first-order valence-electron chi connectivity index (χ1n) is 5.81. The summed E-state index contributed by atoms with van der Waals surface area (Å²) >= 11 is 4.53. The summed E-state index contributed by atoms with van der Waals surface area (Å²) in [6.07, 6.45) is 4.09. The van der Waals surface area contributed by atoms with Gasteiger partial charge in [0.1, 0.15) is 0 Å². The fraction of sp³-hybridized carbons (Fsp3) is 0.538. The molecule has 0 unspecified atom stereocenters. The Morgan fingerprint density at radius 2 is 1.80 bits per heavy atom. The largest absolute Gasteiger partial charge is 0.297 e. The van der Waals surface area contributed by atoms with Crippen molar-refractivity contribution >= 4 is 12.6 Å². The van der Waals surface area contributed by atoms with Crippen LogP contribution in [0.25, 0.3) is 0 Å². The van der Waals surface area contributed by atoms with E-state index in [0.717, 1.165) is 4.90 Å². The van der Waals surface area contributed by atoms with Crippen LogP contribution in [0, 0.1) is 0 Å². The highest BCUT2D eigenvalue weighted by Gasteiger charge is 2.18. The highest BCUT2D eigenvalue weighted by Crippen LogP contribution is 2.28. The fourth-order valence-electron chi connectivity index (χ4n) is 2.34. The second kappa shape index (κ2) is 5.04. The van der Waals surface area contributed by atoms with Crippen molar-refractivity contribution in [2.24, 2.45) is 0 Å². The van der Waals surface area contributed by atoms with E-state index in [9.17, 15) is 0 Å². The number of nitrogens with zero attached hydrogens (tertiary/aromatic N) is 1. The molecule has 0 N–H and O–H groups in total. The van der Waals surface area contributed by atoms with E-state index in [1.165, 1.54) is 37.9 Å². The number of likely N-dealkylation sites (tertiary alicyclic amines) is 1. The lowest BCUT2D eigenvalue weighted by molar-refractivity contribution is 0.173. The van der Waals surface area contributed by atoms with Crippen molar-refractivity contribution < 1.29 is 0 Å². The van der Waals surface area contributed by atoms with Gasteiger partial charge in [-0.2, -0.15) is 0 Å². The molecule has 0 amide bonds. The molecule has 0 aromatic heterocycles. The average Bonchev–Trinajstić information content (AvgIpc) is 2.30. The molecule has 2 heteroatoms. The van der Waals surface area contributed by atoms with Crippen molar-refractivity contribution in [2.45, 2.75) is 37.1 Å². The van der Waals surface area contributed by atoms with E-state index in [2.05, 4.69) is 48.7 Å². The average molecular weight is 221 g/mol. The molecule has 1 saturated heterocycles. The van der Waals surface area contributed by atoms with Crippen LogP contribution in [-0.2, 0) is 0 Å². The van der Waals surface area contributed by atoms with E-state index in [-0.39, 0.29) is 0 Å². The molecule has 1 aliphatic heterocycles. The van der Waals surface area contributed by atoms with Crippen molar-refractivity contribution in [1.82, 2.24) is 4.90 Å². The summed E-state index contributed by atoms with van der Waals surface area (Å²) in [5, 5.41) is 0. The van der Waals surface area contributed by atoms with Gasteiger partial charge in [-0.15, -0.1) is 12.6 Å². The molecule has 1 aromatic rings. The molecule has 82 valence electrons. The first-order chi connectivity index (χ1) is 7.29. The minimum Gasteiger partial charge on any atom is -0.297 e. The van der Waals surface area contributed by atoms with Gasteiger partial charge in [0, 0.05) is 10.9 Å². The maximum Gasteiger partial charge on any atom is 0.0330 e. The van der Waals surface area contributed by atoms with Crippen molar-refractivity contribution in [3.05, 3.63) is 29.8 Å². The fourth-order valence-corrected chi connectivity index (χ4v) is 2.69. The molecule has 1 atom stereocenters. The van der Waals surface area contributed by atoms with Gasteiger partial charge in [-0.1, -0.05) is 24.6 Å². The van der Waals surface area contributed by atoms with Crippen LogP contribution in [0.5, 0.6) is 0 Å². The summed E-state index contributed by atoms with van der Waals surface area (Å²) in [5.74, 6) is 0. The second-order valence-corrected chi connectivity index (χ2v) is 4.81. The Bertz CT molecular complexity index is 318. The number of rotatable bonds is 2. The third-order valence-electron chi connectivity index (χ3n) is 3.33. The Hall–Kier alpha value is -0.470.